The summed E-state index contributed by atoms with van der Waals surface area (Å²) in [5.74, 6) is 1.20. The number of nitrogens with one attached hydrogen (secondary N) is 1. The molecular weight excluding hydrogens is 248 g/mol. The molecule has 0 aliphatic carbocycles. The van der Waals surface area contributed by atoms with Crippen molar-refractivity contribution in [2.45, 2.75) is 20.3 Å². The summed E-state index contributed by atoms with van der Waals surface area (Å²) < 4.78 is 0. The zero-order valence-corrected chi connectivity index (χ0v) is 11.1. The van der Waals surface area contributed by atoms with Crippen LogP contribution in [0.2, 0.25) is 5.02 Å². The maximum Gasteiger partial charge on any atom is 0.139 e. The predicted molar refractivity (Wildman–Crippen MR) is 75.3 cm³/mol. The highest BCUT2D eigenvalue weighted by molar-refractivity contribution is 6.33. The third-order valence-corrected chi connectivity index (χ3v) is 3.04. The van der Waals surface area contributed by atoms with Gasteiger partial charge in [-0.2, -0.15) is 0 Å². The Balaban J connectivity index is 2.40. The monoisotopic (exact) mass is 262 g/mol. The molecule has 0 aliphatic rings. The summed E-state index contributed by atoms with van der Waals surface area (Å²) >= 11 is 6.14. The van der Waals surface area contributed by atoms with Gasteiger partial charge in [-0.3, -0.25) is 0 Å². The molecule has 0 bridgehead atoms. The van der Waals surface area contributed by atoms with Crippen LogP contribution in [-0.2, 0) is 6.42 Å². The van der Waals surface area contributed by atoms with Gasteiger partial charge in [-0.15, -0.1) is 0 Å². The number of nitrogen functional groups attached to an aromatic ring is 1. The second kappa shape index (κ2) is 5.23. The van der Waals surface area contributed by atoms with E-state index in [0.29, 0.717) is 16.7 Å². The summed E-state index contributed by atoms with van der Waals surface area (Å²) in [6.07, 6.45) is 2.21. The number of hydrogen-bond donors (Lipinski definition) is 2. The van der Waals surface area contributed by atoms with Crippen molar-refractivity contribution < 1.29 is 0 Å². The molecule has 0 fully saturated rings. The van der Waals surface area contributed by atoms with Crippen LogP contribution in [0.15, 0.2) is 24.5 Å². The lowest BCUT2D eigenvalue weighted by Crippen LogP contribution is -2.04. The third kappa shape index (κ3) is 2.54. The Kier molecular flexibility index (Phi) is 3.67. The van der Waals surface area contributed by atoms with E-state index in [2.05, 4.69) is 15.3 Å². The fourth-order valence-corrected chi connectivity index (χ4v) is 1.91. The summed E-state index contributed by atoms with van der Waals surface area (Å²) in [6.45, 7) is 4.02. The molecule has 0 amide bonds. The van der Waals surface area contributed by atoms with Gasteiger partial charge >= 0.3 is 0 Å². The Labute approximate surface area is 111 Å². The van der Waals surface area contributed by atoms with Crippen molar-refractivity contribution in [2.24, 2.45) is 0 Å². The lowest BCUT2D eigenvalue weighted by Gasteiger charge is -2.12. The van der Waals surface area contributed by atoms with Gasteiger partial charge in [0.25, 0.3) is 0 Å². The maximum atomic E-state index is 6.14. The zero-order valence-electron chi connectivity index (χ0n) is 10.4. The van der Waals surface area contributed by atoms with Crippen molar-refractivity contribution in [1.29, 1.82) is 0 Å². The average molecular weight is 263 g/mol. The van der Waals surface area contributed by atoms with Crippen molar-refractivity contribution in [3.63, 3.8) is 0 Å². The molecule has 1 aromatic carbocycles. The number of rotatable bonds is 3. The highest BCUT2D eigenvalue weighted by atomic mass is 35.5. The Morgan fingerprint density at radius 2 is 2.11 bits per heavy atom. The number of nitrogens with two attached hydrogens (primary N) is 1. The van der Waals surface area contributed by atoms with E-state index in [1.54, 1.807) is 0 Å². The Morgan fingerprint density at radius 1 is 1.33 bits per heavy atom. The van der Waals surface area contributed by atoms with Gasteiger partial charge in [-0.25, -0.2) is 9.97 Å². The van der Waals surface area contributed by atoms with E-state index >= 15 is 0 Å². The normalized spacial score (nSPS) is 10.4. The van der Waals surface area contributed by atoms with E-state index in [9.17, 15) is 0 Å². The molecule has 0 saturated heterocycles. The number of aryl methyl sites for hydroxylation is 1. The third-order valence-electron chi connectivity index (χ3n) is 2.71. The standard InChI is InChI=1S/C13H15ClN4/c1-3-9-12(15)16-7-17-13(9)18-11-6-8(2)4-5-10(11)14/h4-7H,3H2,1-2H3,(H3,15,16,17,18). The molecule has 5 heteroatoms. The average Bonchev–Trinajstić information content (AvgIpc) is 2.34. The first-order valence-electron chi connectivity index (χ1n) is 5.74. The maximum absolute atomic E-state index is 6.14. The van der Waals surface area contributed by atoms with Crippen LogP contribution in [-0.4, -0.2) is 9.97 Å². The SMILES string of the molecule is CCc1c(N)ncnc1Nc1cc(C)ccc1Cl. The molecule has 94 valence electrons. The van der Waals surface area contributed by atoms with E-state index in [1.807, 2.05) is 32.0 Å². The fourth-order valence-electron chi connectivity index (χ4n) is 1.74. The van der Waals surface area contributed by atoms with Crippen LogP contribution in [0.5, 0.6) is 0 Å². The quantitative estimate of drug-likeness (QED) is 0.891. The lowest BCUT2D eigenvalue weighted by atomic mass is 10.2. The van der Waals surface area contributed by atoms with E-state index in [1.165, 1.54) is 6.33 Å². The number of halogens is 1. The van der Waals surface area contributed by atoms with E-state index in [0.717, 1.165) is 23.2 Å². The number of hydrogen-bond acceptors (Lipinski definition) is 4. The highest BCUT2D eigenvalue weighted by Crippen LogP contribution is 2.28. The first kappa shape index (κ1) is 12.6. The fraction of sp³-hybridized carbons (Fsp3) is 0.231. The molecule has 18 heavy (non-hydrogen) atoms. The van der Waals surface area contributed by atoms with Gasteiger partial charge in [0.15, 0.2) is 0 Å². The summed E-state index contributed by atoms with van der Waals surface area (Å²) in [5, 5.41) is 3.86. The van der Waals surface area contributed by atoms with Gasteiger partial charge in [0.2, 0.25) is 0 Å². The van der Waals surface area contributed by atoms with Crippen LogP contribution in [0, 0.1) is 6.92 Å². The molecular formula is C13H15ClN4. The van der Waals surface area contributed by atoms with Crippen molar-refractivity contribution in [1.82, 2.24) is 9.97 Å². The largest absolute Gasteiger partial charge is 0.383 e. The molecule has 1 aromatic heterocycles. The van der Waals surface area contributed by atoms with Gasteiger partial charge in [0, 0.05) is 5.56 Å². The first-order valence-corrected chi connectivity index (χ1v) is 6.12. The summed E-state index contributed by atoms with van der Waals surface area (Å²) in [6, 6.07) is 5.79. The second-order valence-corrected chi connectivity index (χ2v) is 4.46. The minimum absolute atomic E-state index is 0.499. The van der Waals surface area contributed by atoms with Gasteiger partial charge in [-0.1, -0.05) is 24.6 Å². The summed E-state index contributed by atoms with van der Waals surface area (Å²) in [4.78, 5) is 8.20. The van der Waals surface area contributed by atoms with Crippen LogP contribution in [0.4, 0.5) is 17.3 Å². The van der Waals surface area contributed by atoms with E-state index < -0.39 is 0 Å². The minimum Gasteiger partial charge on any atom is -0.383 e. The molecule has 0 atom stereocenters. The Morgan fingerprint density at radius 3 is 2.83 bits per heavy atom. The number of aromatic nitrogens is 2. The second-order valence-electron chi connectivity index (χ2n) is 4.05. The van der Waals surface area contributed by atoms with Crippen LogP contribution < -0.4 is 11.1 Å². The van der Waals surface area contributed by atoms with Gasteiger partial charge in [0.1, 0.15) is 18.0 Å². The smallest absolute Gasteiger partial charge is 0.139 e. The van der Waals surface area contributed by atoms with Crippen molar-refractivity contribution >= 4 is 28.9 Å². The molecule has 1 heterocycles. The first-order chi connectivity index (χ1) is 8.61. The highest BCUT2D eigenvalue weighted by Gasteiger charge is 2.09. The minimum atomic E-state index is 0.499. The van der Waals surface area contributed by atoms with Crippen LogP contribution in [0.25, 0.3) is 0 Å². The van der Waals surface area contributed by atoms with E-state index in [4.69, 9.17) is 17.3 Å². The zero-order chi connectivity index (χ0) is 13.1. The van der Waals surface area contributed by atoms with Gasteiger partial charge in [0.05, 0.1) is 10.7 Å². The molecule has 2 aromatic rings. The molecule has 2 rings (SSSR count). The van der Waals surface area contributed by atoms with Crippen molar-refractivity contribution in [3.05, 3.63) is 40.7 Å². The molecule has 0 unspecified atom stereocenters. The number of nitrogens with zero attached hydrogens (tertiary/aromatic N) is 2. The Bertz CT molecular complexity index is 569. The summed E-state index contributed by atoms with van der Waals surface area (Å²) in [7, 11) is 0. The Hall–Kier alpha value is -1.81. The lowest BCUT2D eigenvalue weighted by molar-refractivity contribution is 1.06. The van der Waals surface area contributed by atoms with Crippen LogP contribution in [0.3, 0.4) is 0 Å². The molecule has 3 N–H and O–H groups in total. The molecule has 0 aliphatic heterocycles. The van der Waals surface area contributed by atoms with Crippen molar-refractivity contribution in [3.8, 4) is 0 Å². The van der Waals surface area contributed by atoms with Crippen LogP contribution >= 0.6 is 11.6 Å². The van der Waals surface area contributed by atoms with Crippen LogP contribution in [0.1, 0.15) is 18.1 Å². The molecule has 4 nitrogen and oxygen atoms in total. The molecule has 0 radical (unpaired) electrons. The molecule has 0 saturated carbocycles. The summed E-state index contributed by atoms with van der Waals surface area (Å²) in [5.41, 5.74) is 8.68. The predicted octanol–water partition coefficient (Wildman–Crippen LogP) is 3.33. The topological polar surface area (TPSA) is 63.8 Å². The van der Waals surface area contributed by atoms with Gasteiger partial charge in [-0.05, 0) is 31.0 Å². The molecule has 0 spiro atoms. The number of benzene rings is 1. The van der Waals surface area contributed by atoms with E-state index in [-0.39, 0.29) is 0 Å². The number of anilines is 3. The van der Waals surface area contributed by atoms with Gasteiger partial charge < -0.3 is 11.1 Å². The van der Waals surface area contributed by atoms with Crippen molar-refractivity contribution in [2.75, 3.05) is 11.1 Å².